The fraction of sp³-hybridized carbons (Fsp3) is 0.600. The zero-order valence-electron chi connectivity index (χ0n) is 15.8. The molecular weight excluding hydrogens is 350 g/mol. The van der Waals surface area contributed by atoms with Crippen LogP contribution >= 0.6 is 0 Å². The molecule has 27 heavy (non-hydrogen) atoms. The number of carbonyl (C=O) groups excluding carboxylic acids is 1. The molecule has 2 fully saturated rings. The molecule has 7 heteroatoms. The SMILES string of the molecule is CC(=O)OC1CC(C2COC(c3ccccc3)=N2)OC1C1COC(C)(C)O1. The maximum atomic E-state index is 11.6. The van der Waals surface area contributed by atoms with Gasteiger partial charge in [-0.25, -0.2) is 4.99 Å². The molecule has 1 aromatic rings. The highest BCUT2D eigenvalue weighted by Gasteiger charge is 2.50. The summed E-state index contributed by atoms with van der Waals surface area (Å²) in [5, 5.41) is 0. The van der Waals surface area contributed by atoms with Crippen molar-refractivity contribution >= 4 is 11.9 Å². The van der Waals surface area contributed by atoms with Crippen molar-refractivity contribution in [2.45, 2.75) is 63.4 Å². The fourth-order valence-corrected chi connectivity index (χ4v) is 3.81. The molecule has 5 atom stereocenters. The van der Waals surface area contributed by atoms with Gasteiger partial charge in [-0.3, -0.25) is 4.79 Å². The van der Waals surface area contributed by atoms with E-state index in [0.717, 1.165) is 5.56 Å². The molecule has 0 saturated carbocycles. The monoisotopic (exact) mass is 375 g/mol. The largest absolute Gasteiger partial charge is 0.475 e. The molecular formula is C20H25NO6. The lowest BCUT2D eigenvalue weighted by molar-refractivity contribution is -0.170. The highest BCUT2D eigenvalue weighted by molar-refractivity contribution is 5.95. The molecule has 0 bridgehead atoms. The van der Waals surface area contributed by atoms with Crippen molar-refractivity contribution in [2.75, 3.05) is 13.2 Å². The standard InChI is InChI=1S/C20H25NO6/c1-12(22)25-16-9-15(26-18(16)17-11-24-20(2,3)27-17)14-10-23-19(21-14)13-7-5-4-6-8-13/h4-8,14-18H,9-11H2,1-3H3. The maximum absolute atomic E-state index is 11.6. The van der Waals surface area contributed by atoms with Gasteiger partial charge in [-0.1, -0.05) is 18.2 Å². The van der Waals surface area contributed by atoms with Crippen molar-refractivity contribution in [3.05, 3.63) is 35.9 Å². The van der Waals surface area contributed by atoms with E-state index in [1.807, 2.05) is 44.2 Å². The molecule has 0 radical (unpaired) electrons. The smallest absolute Gasteiger partial charge is 0.302 e. The lowest BCUT2D eigenvalue weighted by Gasteiger charge is -2.24. The van der Waals surface area contributed by atoms with Crippen LogP contribution in [0.1, 0.15) is 32.8 Å². The molecule has 4 rings (SSSR count). The normalized spacial score (nSPS) is 34.9. The average Bonchev–Trinajstić information content (AvgIpc) is 3.33. The Labute approximate surface area is 158 Å². The van der Waals surface area contributed by atoms with Gasteiger partial charge in [-0.2, -0.15) is 0 Å². The van der Waals surface area contributed by atoms with E-state index in [4.69, 9.17) is 28.7 Å². The van der Waals surface area contributed by atoms with Crippen LogP contribution in [0.2, 0.25) is 0 Å². The van der Waals surface area contributed by atoms with Crippen LogP contribution in [0.25, 0.3) is 0 Å². The number of aliphatic imine (C=N–C) groups is 1. The van der Waals surface area contributed by atoms with E-state index in [9.17, 15) is 4.79 Å². The van der Waals surface area contributed by atoms with E-state index >= 15 is 0 Å². The third kappa shape index (κ3) is 4.00. The van der Waals surface area contributed by atoms with E-state index in [0.29, 0.717) is 25.5 Å². The van der Waals surface area contributed by atoms with Crippen LogP contribution in [0.15, 0.2) is 35.3 Å². The third-order valence-corrected chi connectivity index (χ3v) is 5.00. The minimum Gasteiger partial charge on any atom is -0.475 e. The van der Waals surface area contributed by atoms with E-state index in [2.05, 4.69) is 0 Å². The van der Waals surface area contributed by atoms with Gasteiger partial charge in [0.05, 0.1) is 12.7 Å². The Bertz CT molecular complexity index is 718. The Morgan fingerprint density at radius 2 is 1.96 bits per heavy atom. The number of ether oxygens (including phenoxy) is 5. The van der Waals surface area contributed by atoms with Crippen molar-refractivity contribution in [2.24, 2.45) is 4.99 Å². The van der Waals surface area contributed by atoms with Crippen molar-refractivity contribution in [3.8, 4) is 0 Å². The second-order valence-corrected chi connectivity index (χ2v) is 7.57. The first-order chi connectivity index (χ1) is 12.9. The Kier molecular flexibility index (Phi) is 4.92. The molecule has 2 saturated heterocycles. The first-order valence-electron chi connectivity index (χ1n) is 9.32. The molecule has 0 N–H and O–H groups in total. The van der Waals surface area contributed by atoms with Crippen LogP contribution in [0, 0.1) is 0 Å². The Morgan fingerprint density at radius 1 is 1.19 bits per heavy atom. The first-order valence-corrected chi connectivity index (χ1v) is 9.32. The van der Waals surface area contributed by atoms with E-state index in [1.54, 1.807) is 0 Å². The zero-order valence-corrected chi connectivity index (χ0v) is 15.8. The second kappa shape index (κ2) is 7.22. The lowest BCUT2D eigenvalue weighted by atomic mass is 10.0. The number of carbonyl (C=O) groups is 1. The van der Waals surface area contributed by atoms with Crippen LogP contribution in [0.4, 0.5) is 0 Å². The Balaban J connectivity index is 1.48. The predicted octanol–water partition coefficient (Wildman–Crippen LogP) is 2.07. The van der Waals surface area contributed by atoms with E-state index in [1.165, 1.54) is 6.92 Å². The Hall–Kier alpha value is -1.96. The molecule has 0 amide bonds. The summed E-state index contributed by atoms with van der Waals surface area (Å²) < 4.78 is 29.1. The molecule has 5 unspecified atom stereocenters. The van der Waals surface area contributed by atoms with Gasteiger partial charge in [0.15, 0.2) is 5.79 Å². The summed E-state index contributed by atoms with van der Waals surface area (Å²) in [6, 6.07) is 9.65. The number of hydrogen-bond acceptors (Lipinski definition) is 7. The van der Waals surface area contributed by atoms with Crippen molar-refractivity contribution < 1.29 is 28.5 Å². The Morgan fingerprint density at radius 3 is 2.63 bits per heavy atom. The molecule has 3 aliphatic heterocycles. The number of hydrogen-bond donors (Lipinski definition) is 0. The molecule has 7 nitrogen and oxygen atoms in total. The quantitative estimate of drug-likeness (QED) is 0.750. The first kappa shape index (κ1) is 18.4. The summed E-state index contributed by atoms with van der Waals surface area (Å²) in [7, 11) is 0. The highest BCUT2D eigenvalue weighted by Crippen LogP contribution is 2.35. The number of esters is 1. The van der Waals surface area contributed by atoms with Crippen molar-refractivity contribution in [3.63, 3.8) is 0 Å². The molecule has 0 aromatic heterocycles. The number of rotatable bonds is 4. The van der Waals surface area contributed by atoms with Crippen LogP contribution < -0.4 is 0 Å². The molecule has 3 aliphatic rings. The van der Waals surface area contributed by atoms with Gasteiger partial charge in [0.2, 0.25) is 5.90 Å². The van der Waals surface area contributed by atoms with Gasteiger partial charge in [0.1, 0.15) is 31.0 Å². The second-order valence-electron chi connectivity index (χ2n) is 7.57. The summed E-state index contributed by atoms with van der Waals surface area (Å²) in [5.74, 6) is -0.371. The summed E-state index contributed by atoms with van der Waals surface area (Å²) in [4.78, 5) is 16.3. The van der Waals surface area contributed by atoms with Gasteiger partial charge in [-0.15, -0.1) is 0 Å². The molecule has 146 valence electrons. The predicted molar refractivity (Wildman–Crippen MR) is 96.5 cm³/mol. The summed E-state index contributed by atoms with van der Waals surface area (Å²) in [6.07, 6.45) is -0.686. The van der Waals surface area contributed by atoms with Crippen molar-refractivity contribution in [1.29, 1.82) is 0 Å². The third-order valence-electron chi connectivity index (χ3n) is 5.00. The highest BCUT2D eigenvalue weighted by atomic mass is 16.8. The number of nitrogens with zero attached hydrogens (tertiary/aromatic N) is 1. The van der Waals surface area contributed by atoms with Gasteiger partial charge in [0.25, 0.3) is 0 Å². The minimum atomic E-state index is -0.665. The van der Waals surface area contributed by atoms with Gasteiger partial charge < -0.3 is 23.7 Å². The molecule has 0 aliphatic carbocycles. The van der Waals surface area contributed by atoms with Gasteiger partial charge in [0, 0.05) is 18.9 Å². The van der Waals surface area contributed by atoms with Crippen LogP contribution in [0.5, 0.6) is 0 Å². The summed E-state index contributed by atoms with van der Waals surface area (Å²) in [6.45, 7) is 5.98. The van der Waals surface area contributed by atoms with Gasteiger partial charge in [-0.05, 0) is 26.0 Å². The topological polar surface area (TPSA) is 75.6 Å². The lowest BCUT2D eigenvalue weighted by Crippen LogP contribution is -2.39. The summed E-state index contributed by atoms with van der Waals surface area (Å²) >= 11 is 0. The average molecular weight is 375 g/mol. The van der Waals surface area contributed by atoms with Crippen molar-refractivity contribution in [1.82, 2.24) is 0 Å². The summed E-state index contributed by atoms with van der Waals surface area (Å²) in [5.41, 5.74) is 0.945. The van der Waals surface area contributed by atoms with Crippen LogP contribution in [-0.4, -0.2) is 61.3 Å². The van der Waals surface area contributed by atoms with Crippen LogP contribution in [-0.2, 0) is 28.5 Å². The van der Waals surface area contributed by atoms with Gasteiger partial charge >= 0.3 is 5.97 Å². The van der Waals surface area contributed by atoms with Crippen LogP contribution in [0.3, 0.4) is 0 Å². The molecule has 0 spiro atoms. The zero-order chi connectivity index (χ0) is 19.0. The molecule has 1 aromatic carbocycles. The van der Waals surface area contributed by atoms with E-state index < -0.39 is 5.79 Å². The fourth-order valence-electron chi connectivity index (χ4n) is 3.81. The number of benzene rings is 1. The maximum Gasteiger partial charge on any atom is 0.302 e. The molecule has 3 heterocycles. The van der Waals surface area contributed by atoms with E-state index in [-0.39, 0.29) is 36.4 Å². The minimum absolute atomic E-state index is 0.140.